The van der Waals surface area contributed by atoms with Gasteiger partial charge in [0.05, 0.1) is 13.7 Å². The molecule has 0 unspecified atom stereocenters. The van der Waals surface area contributed by atoms with Gasteiger partial charge in [0.15, 0.2) is 5.82 Å². The fourth-order valence-corrected chi connectivity index (χ4v) is 2.80. The third kappa shape index (κ3) is 4.14. The third-order valence-corrected chi connectivity index (χ3v) is 4.65. The molecule has 2 N–H and O–H groups in total. The van der Waals surface area contributed by atoms with Crippen LogP contribution in [-0.4, -0.2) is 29.2 Å². The minimum Gasteiger partial charge on any atom is -0.497 e. The first-order valence-electron chi connectivity index (χ1n) is 9.25. The molecule has 2 aromatic carbocycles. The van der Waals surface area contributed by atoms with Crippen LogP contribution in [0.2, 0.25) is 0 Å². The van der Waals surface area contributed by atoms with Crippen molar-refractivity contribution in [2.45, 2.75) is 32.4 Å². The lowest BCUT2D eigenvalue weighted by molar-refractivity contribution is 0.0951. The van der Waals surface area contributed by atoms with E-state index in [1.165, 1.54) is 0 Å². The quantitative estimate of drug-likeness (QED) is 0.653. The first-order valence-corrected chi connectivity index (χ1v) is 9.25. The monoisotopic (exact) mass is 378 g/mol. The number of benzene rings is 2. The van der Waals surface area contributed by atoms with E-state index < -0.39 is 0 Å². The summed E-state index contributed by atoms with van der Waals surface area (Å²) in [6, 6.07) is 13.4. The molecule has 7 nitrogen and oxygen atoms in total. The summed E-state index contributed by atoms with van der Waals surface area (Å²) in [6.07, 6.45) is 2.13. The van der Waals surface area contributed by atoms with Gasteiger partial charge in [-0.1, -0.05) is 11.2 Å². The minimum atomic E-state index is -0.0353. The van der Waals surface area contributed by atoms with Gasteiger partial charge >= 0.3 is 0 Å². The van der Waals surface area contributed by atoms with Crippen molar-refractivity contribution < 1.29 is 14.1 Å². The molecule has 1 saturated carbocycles. The van der Waals surface area contributed by atoms with E-state index in [1.54, 1.807) is 7.11 Å². The highest BCUT2D eigenvalue weighted by molar-refractivity contribution is 5.95. The summed E-state index contributed by atoms with van der Waals surface area (Å²) in [5.74, 6) is 1.73. The summed E-state index contributed by atoms with van der Waals surface area (Å²) in [7, 11) is 1.62. The number of anilines is 1. The summed E-state index contributed by atoms with van der Waals surface area (Å²) in [6.45, 7) is 2.39. The lowest BCUT2D eigenvalue weighted by Gasteiger charge is -2.10. The van der Waals surface area contributed by atoms with Gasteiger partial charge in [0, 0.05) is 22.9 Å². The largest absolute Gasteiger partial charge is 0.497 e. The lowest BCUT2D eigenvalue weighted by Crippen LogP contribution is -2.25. The molecule has 28 heavy (non-hydrogen) atoms. The summed E-state index contributed by atoms with van der Waals surface area (Å²) in [5.41, 5.74) is 3.39. The van der Waals surface area contributed by atoms with Gasteiger partial charge in [-0.2, -0.15) is 4.98 Å². The first kappa shape index (κ1) is 18.0. The minimum absolute atomic E-state index is 0.0353. The van der Waals surface area contributed by atoms with Gasteiger partial charge in [-0.15, -0.1) is 0 Å². The standard InChI is InChI=1S/C21H22N4O3/c1-13-3-4-15(20(26)23-16-7-8-16)11-18(13)22-12-19-24-21(28-25-19)14-5-9-17(27-2)10-6-14/h3-6,9-11,16,22H,7-8,12H2,1-2H3,(H,23,26). The van der Waals surface area contributed by atoms with Crippen molar-refractivity contribution in [1.29, 1.82) is 0 Å². The molecule has 0 aliphatic heterocycles. The highest BCUT2D eigenvalue weighted by Gasteiger charge is 2.24. The second-order valence-corrected chi connectivity index (χ2v) is 6.88. The molecule has 0 spiro atoms. The van der Waals surface area contributed by atoms with Crippen LogP contribution in [0.15, 0.2) is 47.0 Å². The van der Waals surface area contributed by atoms with E-state index in [0.29, 0.717) is 29.9 Å². The number of ether oxygens (including phenoxy) is 1. The van der Waals surface area contributed by atoms with Crippen molar-refractivity contribution in [3.8, 4) is 17.2 Å². The van der Waals surface area contributed by atoms with E-state index in [0.717, 1.165) is 35.4 Å². The molecule has 1 heterocycles. The normalized spacial score (nSPS) is 13.2. The van der Waals surface area contributed by atoms with Crippen molar-refractivity contribution in [2.24, 2.45) is 0 Å². The Labute approximate surface area is 163 Å². The molecule has 0 radical (unpaired) electrons. The molecule has 1 aliphatic rings. The Morgan fingerprint density at radius 1 is 1.21 bits per heavy atom. The third-order valence-electron chi connectivity index (χ3n) is 4.65. The Morgan fingerprint density at radius 2 is 2.00 bits per heavy atom. The predicted molar refractivity (Wildman–Crippen MR) is 105 cm³/mol. The second kappa shape index (κ2) is 7.72. The maximum Gasteiger partial charge on any atom is 0.257 e. The summed E-state index contributed by atoms with van der Waals surface area (Å²) >= 11 is 0. The number of rotatable bonds is 7. The molecule has 0 atom stereocenters. The number of aromatic nitrogens is 2. The average molecular weight is 378 g/mol. The Balaban J connectivity index is 1.42. The van der Waals surface area contributed by atoms with Crippen LogP contribution in [0.25, 0.3) is 11.5 Å². The van der Waals surface area contributed by atoms with Crippen LogP contribution in [0.3, 0.4) is 0 Å². The van der Waals surface area contributed by atoms with E-state index in [1.807, 2.05) is 49.4 Å². The van der Waals surface area contributed by atoms with Gasteiger partial charge in [-0.25, -0.2) is 0 Å². The van der Waals surface area contributed by atoms with Crippen LogP contribution < -0.4 is 15.4 Å². The van der Waals surface area contributed by atoms with Crippen LogP contribution >= 0.6 is 0 Å². The molecule has 144 valence electrons. The summed E-state index contributed by atoms with van der Waals surface area (Å²) < 4.78 is 10.5. The van der Waals surface area contributed by atoms with Crippen LogP contribution in [0.5, 0.6) is 5.75 Å². The van der Waals surface area contributed by atoms with Gasteiger partial charge in [0.1, 0.15) is 5.75 Å². The Morgan fingerprint density at radius 3 is 2.71 bits per heavy atom. The number of hydrogen-bond donors (Lipinski definition) is 2. The van der Waals surface area contributed by atoms with Gasteiger partial charge in [0.25, 0.3) is 11.8 Å². The van der Waals surface area contributed by atoms with E-state index >= 15 is 0 Å². The molecule has 1 aliphatic carbocycles. The highest BCUT2D eigenvalue weighted by Crippen LogP contribution is 2.23. The van der Waals surface area contributed by atoms with Gasteiger partial charge in [-0.05, 0) is 61.7 Å². The molecule has 1 amide bonds. The number of carbonyl (C=O) groups excluding carboxylic acids is 1. The first-order chi connectivity index (χ1) is 13.6. The zero-order valence-corrected chi connectivity index (χ0v) is 15.9. The average Bonchev–Trinajstić information content (AvgIpc) is 3.40. The topological polar surface area (TPSA) is 89.3 Å². The van der Waals surface area contributed by atoms with Crippen LogP contribution in [0.4, 0.5) is 5.69 Å². The maximum atomic E-state index is 12.3. The lowest BCUT2D eigenvalue weighted by atomic mass is 10.1. The number of aryl methyl sites for hydroxylation is 1. The zero-order valence-electron chi connectivity index (χ0n) is 15.9. The number of nitrogens with one attached hydrogen (secondary N) is 2. The Kier molecular flexibility index (Phi) is 4.97. The molecular weight excluding hydrogens is 356 g/mol. The number of hydrogen-bond acceptors (Lipinski definition) is 6. The highest BCUT2D eigenvalue weighted by atomic mass is 16.5. The maximum absolute atomic E-state index is 12.3. The van der Waals surface area contributed by atoms with E-state index in [4.69, 9.17) is 9.26 Å². The van der Waals surface area contributed by atoms with E-state index in [9.17, 15) is 4.79 Å². The van der Waals surface area contributed by atoms with E-state index in [2.05, 4.69) is 20.8 Å². The molecule has 1 fully saturated rings. The Hall–Kier alpha value is -3.35. The Bertz CT molecular complexity index is 978. The predicted octanol–water partition coefficient (Wildman–Crippen LogP) is 3.56. The van der Waals surface area contributed by atoms with Gasteiger partial charge in [-0.3, -0.25) is 4.79 Å². The molecular formula is C21H22N4O3. The SMILES string of the molecule is COc1ccc(-c2nc(CNc3cc(C(=O)NC4CC4)ccc3C)no2)cc1. The molecule has 3 aromatic rings. The smallest absolute Gasteiger partial charge is 0.257 e. The molecule has 0 bridgehead atoms. The summed E-state index contributed by atoms with van der Waals surface area (Å²) in [4.78, 5) is 16.7. The molecule has 1 aromatic heterocycles. The number of carbonyl (C=O) groups is 1. The van der Waals surface area contributed by atoms with Crippen molar-refractivity contribution in [2.75, 3.05) is 12.4 Å². The number of methoxy groups -OCH3 is 1. The second-order valence-electron chi connectivity index (χ2n) is 6.88. The fourth-order valence-electron chi connectivity index (χ4n) is 2.80. The fraction of sp³-hybridized carbons (Fsp3) is 0.286. The van der Waals surface area contributed by atoms with Crippen LogP contribution in [0.1, 0.15) is 34.6 Å². The van der Waals surface area contributed by atoms with Crippen LogP contribution in [-0.2, 0) is 6.54 Å². The van der Waals surface area contributed by atoms with Crippen molar-refractivity contribution >= 4 is 11.6 Å². The van der Waals surface area contributed by atoms with Crippen molar-refractivity contribution in [3.63, 3.8) is 0 Å². The number of amides is 1. The van der Waals surface area contributed by atoms with Crippen LogP contribution in [0, 0.1) is 6.92 Å². The van der Waals surface area contributed by atoms with Gasteiger partial charge in [0.2, 0.25) is 0 Å². The molecule has 0 saturated heterocycles. The van der Waals surface area contributed by atoms with Crippen molar-refractivity contribution in [3.05, 3.63) is 59.4 Å². The van der Waals surface area contributed by atoms with Crippen molar-refractivity contribution in [1.82, 2.24) is 15.5 Å². The van der Waals surface area contributed by atoms with Gasteiger partial charge < -0.3 is 19.9 Å². The zero-order chi connectivity index (χ0) is 19.5. The molecule has 7 heteroatoms. The molecule has 4 rings (SSSR count). The summed E-state index contributed by atoms with van der Waals surface area (Å²) in [5, 5.41) is 10.3. The number of nitrogens with zero attached hydrogens (tertiary/aromatic N) is 2. The van der Waals surface area contributed by atoms with E-state index in [-0.39, 0.29) is 5.91 Å².